The molecule has 1 aromatic heterocycles. The predicted molar refractivity (Wildman–Crippen MR) is 85.6 cm³/mol. The van der Waals surface area contributed by atoms with Crippen LogP contribution in [-0.4, -0.2) is 21.1 Å². The number of nitrogens with zero attached hydrogens (tertiary/aromatic N) is 2. The van der Waals surface area contributed by atoms with Crippen molar-refractivity contribution in [3.63, 3.8) is 0 Å². The van der Waals surface area contributed by atoms with Gasteiger partial charge in [-0.25, -0.2) is 8.48 Å². The minimum atomic E-state index is -0.586. The van der Waals surface area contributed by atoms with E-state index in [0.29, 0.717) is 21.9 Å². The standard InChI is InChI=1S/C12H11BrFN3O2S2/c13-15-12(18)8-2-1-3-10(21-7-14)9(8)6-19-11-4-5-17(20)16-11/h1-5,20H,6-7H2,(H,15,18). The van der Waals surface area contributed by atoms with E-state index in [1.54, 1.807) is 30.5 Å². The molecule has 0 bridgehead atoms. The average molecular weight is 392 g/mol. The van der Waals surface area contributed by atoms with E-state index in [2.05, 4.69) is 38.4 Å². The highest BCUT2D eigenvalue weighted by Gasteiger charge is 2.15. The van der Waals surface area contributed by atoms with Gasteiger partial charge in [0.15, 0.2) is 0 Å². The lowest BCUT2D eigenvalue weighted by Crippen LogP contribution is -2.16. The van der Waals surface area contributed by atoms with E-state index in [4.69, 9.17) is 4.74 Å². The van der Waals surface area contributed by atoms with E-state index in [1.165, 1.54) is 4.09 Å². The lowest BCUT2D eigenvalue weighted by atomic mass is 10.1. The first-order valence-electron chi connectivity index (χ1n) is 5.75. The average Bonchev–Trinajstić information content (AvgIpc) is 2.91. The quantitative estimate of drug-likeness (QED) is 0.450. The smallest absolute Gasteiger partial charge is 0.261 e. The van der Waals surface area contributed by atoms with Crippen molar-refractivity contribution in [1.29, 1.82) is 0 Å². The fourth-order valence-electron chi connectivity index (χ4n) is 1.69. The van der Waals surface area contributed by atoms with Crippen LogP contribution in [0.1, 0.15) is 15.9 Å². The van der Waals surface area contributed by atoms with Gasteiger partial charge in [-0.1, -0.05) is 17.8 Å². The van der Waals surface area contributed by atoms with E-state index in [0.717, 1.165) is 11.8 Å². The third-order valence-corrected chi connectivity index (χ3v) is 3.97. The first kappa shape index (κ1) is 16.2. The normalized spacial score (nSPS) is 10.4. The first-order chi connectivity index (χ1) is 10.2. The summed E-state index contributed by atoms with van der Waals surface area (Å²) < 4.78 is 21.8. The van der Waals surface area contributed by atoms with Crippen molar-refractivity contribution >= 4 is 46.6 Å². The largest absolute Gasteiger partial charge is 0.472 e. The molecule has 0 saturated heterocycles. The van der Waals surface area contributed by atoms with Crippen molar-refractivity contribution in [2.24, 2.45) is 0 Å². The molecule has 1 heterocycles. The summed E-state index contributed by atoms with van der Waals surface area (Å²) in [6.45, 7) is 0.101. The van der Waals surface area contributed by atoms with Crippen molar-refractivity contribution < 1.29 is 13.9 Å². The number of benzene rings is 1. The Morgan fingerprint density at radius 3 is 2.95 bits per heavy atom. The molecular weight excluding hydrogens is 381 g/mol. The zero-order valence-corrected chi connectivity index (χ0v) is 13.9. The van der Waals surface area contributed by atoms with Gasteiger partial charge in [0.05, 0.1) is 0 Å². The molecule has 2 aromatic rings. The Balaban J connectivity index is 2.27. The number of ether oxygens (including phenoxy) is 1. The molecule has 2 rings (SSSR count). The summed E-state index contributed by atoms with van der Waals surface area (Å²) in [7, 11) is 0. The SMILES string of the molecule is O=C(NBr)c1cccc(SCF)c1COc1ccn(S)n1. The molecule has 0 saturated carbocycles. The third-order valence-electron chi connectivity index (χ3n) is 2.59. The first-order valence-corrected chi connectivity index (χ1v) is 7.93. The predicted octanol–water partition coefficient (Wildman–Crippen LogP) is 3.21. The molecule has 0 aliphatic rings. The summed E-state index contributed by atoms with van der Waals surface area (Å²) in [4.78, 5) is 12.5. The van der Waals surface area contributed by atoms with Crippen molar-refractivity contribution in [2.45, 2.75) is 11.5 Å². The maximum Gasteiger partial charge on any atom is 0.261 e. The molecule has 1 N–H and O–H groups in total. The zero-order chi connectivity index (χ0) is 15.2. The molecule has 0 aliphatic heterocycles. The van der Waals surface area contributed by atoms with E-state index in [1.807, 2.05) is 0 Å². The van der Waals surface area contributed by atoms with Crippen LogP contribution < -0.4 is 9.08 Å². The molecule has 1 amide bonds. The van der Waals surface area contributed by atoms with E-state index in [-0.39, 0.29) is 12.5 Å². The summed E-state index contributed by atoms with van der Waals surface area (Å²) in [5, 5.41) is 3.96. The van der Waals surface area contributed by atoms with Crippen LogP contribution in [0.3, 0.4) is 0 Å². The number of halogens is 2. The summed E-state index contributed by atoms with van der Waals surface area (Å²) in [5.74, 6) is 0.0462. The van der Waals surface area contributed by atoms with Crippen molar-refractivity contribution in [1.82, 2.24) is 13.5 Å². The molecule has 9 heteroatoms. The van der Waals surface area contributed by atoms with E-state index < -0.39 is 6.01 Å². The van der Waals surface area contributed by atoms with Gasteiger partial charge < -0.3 is 4.74 Å². The number of nitrogens with one attached hydrogen (secondary N) is 1. The van der Waals surface area contributed by atoms with Gasteiger partial charge in [-0.2, -0.15) is 0 Å². The minimum Gasteiger partial charge on any atom is -0.472 e. The molecular formula is C12H11BrFN3O2S2. The number of thiol groups is 1. The Bertz CT molecular complexity index is 639. The number of thioether (sulfide) groups is 1. The van der Waals surface area contributed by atoms with E-state index in [9.17, 15) is 9.18 Å². The Kier molecular flexibility index (Phi) is 5.95. The number of rotatable bonds is 6. The van der Waals surface area contributed by atoms with Crippen LogP contribution in [0.2, 0.25) is 0 Å². The topological polar surface area (TPSA) is 56.1 Å². The van der Waals surface area contributed by atoms with Gasteiger partial charge >= 0.3 is 0 Å². The van der Waals surface area contributed by atoms with Crippen LogP contribution in [0, 0.1) is 0 Å². The molecule has 0 unspecified atom stereocenters. The van der Waals surface area contributed by atoms with Gasteiger partial charge in [0.1, 0.15) is 12.6 Å². The van der Waals surface area contributed by atoms with Gasteiger partial charge in [-0.15, -0.1) is 5.10 Å². The molecule has 0 fully saturated rings. The van der Waals surface area contributed by atoms with Gasteiger partial charge in [-0.3, -0.25) is 9.14 Å². The molecule has 1 aromatic carbocycles. The fourth-order valence-corrected chi connectivity index (χ4v) is 2.70. The highest BCUT2D eigenvalue weighted by molar-refractivity contribution is 9.08. The second-order valence-electron chi connectivity index (χ2n) is 3.82. The highest BCUT2D eigenvalue weighted by atomic mass is 79.9. The Hall–Kier alpha value is -1.19. The molecule has 0 atom stereocenters. The van der Waals surface area contributed by atoms with Crippen LogP contribution in [0.15, 0.2) is 35.4 Å². The van der Waals surface area contributed by atoms with Gasteiger partial charge in [0.2, 0.25) is 5.88 Å². The third kappa shape index (κ3) is 4.14. The Morgan fingerprint density at radius 1 is 1.52 bits per heavy atom. The summed E-state index contributed by atoms with van der Waals surface area (Å²) in [6.07, 6.45) is 1.62. The number of amides is 1. The number of hydrogen-bond donors (Lipinski definition) is 2. The molecule has 21 heavy (non-hydrogen) atoms. The van der Waals surface area contributed by atoms with Gasteiger partial charge in [-0.05, 0) is 24.9 Å². The van der Waals surface area contributed by atoms with Gasteiger partial charge in [0.25, 0.3) is 5.91 Å². The summed E-state index contributed by atoms with van der Waals surface area (Å²) >= 11 is 7.91. The molecule has 0 aliphatic carbocycles. The number of alkyl halides is 1. The molecule has 112 valence electrons. The van der Waals surface area contributed by atoms with Crippen molar-refractivity contribution in [3.8, 4) is 5.88 Å². The highest BCUT2D eigenvalue weighted by Crippen LogP contribution is 2.27. The van der Waals surface area contributed by atoms with Crippen LogP contribution in [0.5, 0.6) is 5.88 Å². The summed E-state index contributed by atoms with van der Waals surface area (Å²) in [6, 6.07) is 6.14. The summed E-state index contributed by atoms with van der Waals surface area (Å²) in [5.41, 5.74) is 1.02. The van der Waals surface area contributed by atoms with Crippen molar-refractivity contribution in [2.75, 3.05) is 6.01 Å². The van der Waals surface area contributed by atoms with Crippen LogP contribution in [-0.2, 0) is 6.61 Å². The van der Waals surface area contributed by atoms with Crippen LogP contribution >= 0.6 is 40.7 Å². The maximum atomic E-state index is 12.6. The molecule has 0 radical (unpaired) electrons. The van der Waals surface area contributed by atoms with Crippen LogP contribution in [0.4, 0.5) is 4.39 Å². The fraction of sp³-hybridized carbons (Fsp3) is 0.167. The Labute approximate surface area is 139 Å². The number of hydrogen-bond acceptors (Lipinski definition) is 5. The molecule has 5 nitrogen and oxygen atoms in total. The van der Waals surface area contributed by atoms with Crippen LogP contribution in [0.25, 0.3) is 0 Å². The van der Waals surface area contributed by atoms with Crippen molar-refractivity contribution in [3.05, 3.63) is 41.6 Å². The second kappa shape index (κ2) is 7.71. The lowest BCUT2D eigenvalue weighted by Gasteiger charge is -2.12. The monoisotopic (exact) mass is 391 g/mol. The zero-order valence-electron chi connectivity index (χ0n) is 10.6. The molecule has 0 spiro atoms. The number of aromatic nitrogens is 2. The van der Waals surface area contributed by atoms with E-state index >= 15 is 0 Å². The maximum absolute atomic E-state index is 12.6. The number of carbonyl (C=O) groups is 1. The Morgan fingerprint density at radius 2 is 2.33 bits per heavy atom. The van der Waals surface area contributed by atoms with Gasteiger partial charge in [0, 0.05) is 44.4 Å². The second-order valence-corrected chi connectivity index (χ2v) is 5.58. The lowest BCUT2D eigenvalue weighted by molar-refractivity contribution is 0.0983. The minimum absolute atomic E-state index is 0.101. The number of carbonyl (C=O) groups excluding carboxylic acids is 1.